The van der Waals surface area contributed by atoms with E-state index in [1.54, 1.807) is 23.1 Å². The smallest absolute Gasteiger partial charge is 0.274 e. The lowest BCUT2D eigenvalue weighted by atomic mass is 10.2. The van der Waals surface area contributed by atoms with E-state index in [9.17, 15) is 13.2 Å². The van der Waals surface area contributed by atoms with E-state index in [1.165, 1.54) is 7.05 Å². The van der Waals surface area contributed by atoms with Gasteiger partial charge in [-0.15, -0.1) is 0 Å². The van der Waals surface area contributed by atoms with Crippen molar-refractivity contribution < 1.29 is 13.2 Å². The highest BCUT2D eigenvalue weighted by Crippen LogP contribution is 2.37. The molecular formula is C17H19N3O3S. The SMILES string of the molecule is CNS(=O)(=O)c1ccc2c(c1)CCN2C(=O)c1cccn1C1CC1. The second-order valence-electron chi connectivity index (χ2n) is 6.24. The summed E-state index contributed by atoms with van der Waals surface area (Å²) >= 11 is 0. The maximum absolute atomic E-state index is 12.9. The first kappa shape index (κ1) is 15.4. The van der Waals surface area contributed by atoms with E-state index >= 15 is 0 Å². The number of carbonyl (C=O) groups is 1. The lowest BCUT2D eigenvalue weighted by molar-refractivity contribution is 0.0980. The molecule has 6 nitrogen and oxygen atoms in total. The maximum atomic E-state index is 12.9. The number of rotatable bonds is 4. The number of sulfonamides is 1. The largest absolute Gasteiger partial charge is 0.340 e. The summed E-state index contributed by atoms with van der Waals surface area (Å²) in [7, 11) is -2.07. The normalized spacial score (nSPS) is 17.1. The summed E-state index contributed by atoms with van der Waals surface area (Å²) < 4.78 is 28.2. The van der Waals surface area contributed by atoms with E-state index < -0.39 is 10.0 Å². The summed E-state index contributed by atoms with van der Waals surface area (Å²) in [5.41, 5.74) is 2.40. The van der Waals surface area contributed by atoms with Crippen LogP contribution in [0, 0.1) is 0 Å². The summed E-state index contributed by atoms with van der Waals surface area (Å²) in [6, 6.07) is 9.16. The molecule has 1 fully saturated rings. The van der Waals surface area contributed by atoms with Gasteiger partial charge in [0.1, 0.15) is 5.69 Å². The number of carbonyl (C=O) groups excluding carboxylic acids is 1. The summed E-state index contributed by atoms with van der Waals surface area (Å²) in [6.45, 7) is 0.576. The zero-order valence-electron chi connectivity index (χ0n) is 13.4. The fraction of sp³-hybridized carbons (Fsp3) is 0.353. The van der Waals surface area contributed by atoms with Crippen LogP contribution in [-0.4, -0.2) is 32.5 Å². The van der Waals surface area contributed by atoms with Crippen LogP contribution in [0.25, 0.3) is 0 Å². The van der Waals surface area contributed by atoms with Crippen molar-refractivity contribution in [2.45, 2.75) is 30.2 Å². The van der Waals surface area contributed by atoms with Crippen LogP contribution in [0.3, 0.4) is 0 Å². The van der Waals surface area contributed by atoms with Gasteiger partial charge in [0.05, 0.1) is 4.90 Å². The summed E-state index contributed by atoms with van der Waals surface area (Å²) in [5.74, 6) is -0.0186. The average molecular weight is 345 g/mol. The van der Waals surface area contributed by atoms with Gasteiger partial charge >= 0.3 is 0 Å². The molecular weight excluding hydrogens is 326 g/mol. The van der Waals surface area contributed by atoms with Crippen LogP contribution in [0.2, 0.25) is 0 Å². The fourth-order valence-electron chi connectivity index (χ4n) is 3.26. The minimum atomic E-state index is -3.47. The van der Waals surface area contributed by atoms with Crippen LogP contribution < -0.4 is 9.62 Å². The Morgan fingerprint density at radius 3 is 2.75 bits per heavy atom. The number of hydrogen-bond acceptors (Lipinski definition) is 3. The van der Waals surface area contributed by atoms with Gasteiger partial charge in [0, 0.05) is 24.5 Å². The second-order valence-corrected chi connectivity index (χ2v) is 8.12. The Balaban J connectivity index is 1.66. The number of fused-ring (bicyclic) bond motifs is 1. The summed E-state index contributed by atoms with van der Waals surface area (Å²) in [6.07, 6.45) is 4.87. The molecule has 4 rings (SSSR count). The molecule has 0 bridgehead atoms. The number of anilines is 1. The highest BCUT2D eigenvalue weighted by atomic mass is 32.2. The van der Waals surface area contributed by atoms with Gasteiger partial charge in [-0.3, -0.25) is 4.79 Å². The molecule has 0 spiro atoms. The van der Waals surface area contributed by atoms with Gasteiger partial charge in [-0.2, -0.15) is 0 Å². The third-order valence-corrected chi connectivity index (χ3v) is 6.12. The van der Waals surface area contributed by atoms with Gasteiger partial charge in [-0.25, -0.2) is 13.1 Å². The monoisotopic (exact) mass is 345 g/mol. The molecule has 1 aromatic heterocycles. The lowest BCUT2D eigenvalue weighted by Gasteiger charge is -2.19. The van der Waals surface area contributed by atoms with Crippen molar-refractivity contribution in [1.29, 1.82) is 0 Å². The van der Waals surface area contributed by atoms with Gasteiger partial charge in [0.15, 0.2) is 0 Å². The van der Waals surface area contributed by atoms with Gasteiger partial charge in [-0.1, -0.05) is 0 Å². The molecule has 126 valence electrons. The van der Waals surface area contributed by atoms with Crippen LogP contribution in [0.4, 0.5) is 5.69 Å². The number of aromatic nitrogens is 1. The van der Waals surface area contributed by atoms with Crippen LogP contribution in [0.5, 0.6) is 0 Å². The minimum Gasteiger partial charge on any atom is -0.340 e. The van der Waals surface area contributed by atoms with E-state index in [-0.39, 0.29) is 10.8 Å². The molecule has 2 aliphatic rings. The highest BCUT2D eigenvalue weighted by molar-refractivity contribution is 7.89. The maximum Gasteiger partial charge on any atom is 0.274 e. The third-order valence-electron chi connectivity index (χ3n) is 4.71. The fourth-order valence-corrected chi connectivity index (χ4v) is 4.04. The summed E-state index contributed by atoms with van der Waals surface area (Å²) in [4.78, 5) is 14.9. The van der Waals surface area contributed by atoms with Crippen molar-refractivity contribution in [1.82, 2.24) is 9.29 Å². The van der Waals surface area contributed by atoms with Gasteiger partial charge < -0.3 is 9.47 Å². The van der Waals surface area contributed by atoms with Crippen molar-refractivity contribution in [3.05, 3.63) is 47.8 Å². The Hall–Kier alpha value is -2.12. The first-order chi connectivity index (χ1) is 11.5. The molecule has 1 aliphatic carbocycles. The van der Waals surface area contributed by atoms with E-state index in [4.69, 9.17) is 0 Å². The molecule has 1 aromatic carbocycles. The number of amides is 1. The van der Waals surface area contributed by atoms with Crippen molar-refractivity contribution in [2.75, 3.05) is 18.5 Å². The molecule has 0 radical (unpaired) electrons. The summed E-state index contributed by atoms with van der Waals surface area (Å²) in [5, 5.41) is 0. The Morgan fingerprint density at radius 1 is 1.25 bits per heavy atom. The molecule has 1 saturated carbocycles. The van der Waals surface area contributed by atoms with Crippen molar-refractivity contribution in [3.63, 3.8) is 0 Å². The molecule has 2 aromatic rings. The number of nitrogens with zero attached hydrogens (tertiary/aromatic N) is 2. The van der Waals surface area contributed by atoms with Crippen LogP contribution in [0.1, 0.15) is 34.9 Å². The molecule has 24 heavy (non-hydrogen) atoms. The minimum absolute atomic E-state index is 0.0186. The van der Waals surface area contributed by atoms with Gasteiger partial charge in [0.2, 0.25) is 10.0 Å². The van der Waals surface area contributed by atoms with E-state index in [0.29, 0.717) is 24.7 Å². The number of hydrogen-bond donors (Lipinski definition) is 1. The van der Waals surface area contributed by atoms with Crippen LogP contribution in [0.15, 0.2) is 41.4 Å². The Bertz CT molecular complexity index is 913. The number of nitrogens with one attached hydrogen (secondary N) is 1. The van der Waals surface area contributed by atoms with Crippen molar-refractivity contribution in [2.24, 2.45) is 0 Å². The highest BCUT2D eigenvalue weighted by Gasteiger charge is 2.32. The molecule has 1 aliphatic heterocycles. The van der Waals surface area contributed by atoms with Crippen LogP contribution >= 0.6 is 0 Å². The predicted octanol–water partition coefficient (Wildman–Crippen LogP) is 1.93. The lowest BCUT2D eigenvalue weighted by Crippen LogP contribution is -2.30. The first-order valence-corrected chi connectivity index (χ1v) is 9.55. The molecule has 0 saturated heterocycles. The zero-order chi connectivity index (χ0) is 16.9. The quantitative estimate of drug-likeness (QED) is 0.920. The van der Waals surface area contributed by atoms with E-state index in [0.717, 1.165) is 24.1 Å². The molecule has 1 N–H and O–H groups in total. The molecule has 7 heteroatoms. The van der Waals surface area contributed by atoms with E-state index in [2.05, 4.69) is 9.29 Å². The standard InChI is InChI=1S/C17H19N3O3S/c1-18-24(22,23)14-6-7-15-12(11-14)8-10-20(15)17(21)16-3-2-9-19(16)13-4-5-13/h2-3,6-7,9,11,13,18H,4-5,8,10H2,1H3. The number of benzene rings is 1. The molecule has 0 atom stereocenters. The Labute approximate surface area is 141 Å². The van der Waals surface area contributed by atoms with Gasteiger partial charge in [0.25, 0.3) is 5.91 Å². The van der Waals surface area contributed by atoms with Crippen molar-refractivity contribution >= 4 is 21.6 Å². The van der Waals surface area contributed by atoms with Crippen LogP contribution in [-0.2, 0) is 16.4 Å². The molecule has 2 heterocycles. The third kappa shape index (κ3) is 2.44. The second kappa shape index (κ2) is 5.46. The van der Waals surface area contributed by atoms with E-state index in [1.807, 2.05) is 18.3 Å². The zero-order valence-corrected chi connectivity index (χ0v) is 14.2. The molecule has 1 amide bonds. The Morgan fingerprint density at radius 2 is 2.04 bits per heavy atom. The van der Waals surface area contributed by atoms with Crippen molar-refractivity contribution in [3.8, 4) is 0 Å². The average Bonchev–Trinajstić information content (AvgIpc) is 3.16. The van der Waals surface area contributed by atoms with Gasteiger partial charge in [-0.05, 0) is 62.2 Å². The predicted molar refractivity (Wildman–Crippen MR) is 90.8 cm³/mol. The first-order valence-electron chi connectivity index (χ1n) is 8.06. The Kier molecular flexibility index (Phi) is 3.51. The topological polar surface area (TPSA) is 71.4 Å². The molecule has 0 unspecified atom stereocenters.